The van der Waals surface area contributed by atoms with Gasteiger partial charge in [0.15, 0.2) is 12.0 Å². The van der Waals surface area contributed by atoms with Crippen molar-refractivity contribution in [3.05, 3.63) is 107 Å². The average Bonchev–Trinajstić information content (AvgIpc) is 2.69. The van der Waals surface area contributed by atoms with Gasteiger partial charge in [0.1, 0.15) is 0 Å². The molecule has 0 aromatic heterocycles. The molecule has 0 bridgehead atoms. The van der Waals surface area contributed by atoms with Gasteiger partial charge in [0.2, 0.25) is 5.91 Å². The summed E-state index contributed by atoms with van der Waals surface area (Å²) in [4.78, 5) is 24.8. The third-order valence-corrected chi connectivity index (χ3v) is 4.41. The Morgan fingerprint density at radius 1 is 0.741 bits per heavy atom. The van der Waals surface area contributed by atoms with Gasteiger partial charge < -0.3 is 10.5 Å². The van der Waals surface area contributed by atoms with Crippen molar-refractivity contribution >= 4 is 23.5 Å². The molecule has 0 heterocycles. The monoisotopic (exact) mass is 379 g/mol. The molecular weight excluding hydrogens is 362 g/mol. The van der Waals surface area contributed by atoms with Crippen LogP contribution in [0.25, 0.3) is 0 Å². The van der Waals surface area contributed by atoms with Gasteiger partial charge in [-0.1, -0.05) is 84.4 Å². The first kappa shape index (κ1) is 18.7. The maximum atomic E-state index is 12.9. The van der Waals surface area contributed by atoms with Crippen LogP contribution in [0.5, 0.6) is 0 Å². The predicted molar refractivity (Wildman–Crippen MR) is 104 cm³/mol. The van der Waals surface area contributed by atoms with Crippen molar-refractivity contribution in [1.29, 1.82) is 0 Å². The first-order chi connectivity index (χ1) is 13.1. The van der Waals surface area contributed by atoms with Crippen LogP contribution in [0.1, 0.15) is 28.7 Å². The molecule has 5 heteroatoms. The second-order valence-corrected chi connectivity index (χ2v) is 6.46. The van der Waals surface area contributed by atoms with Crippen LogP contribution in [0.15, 0.2) is 84.9 Å². The molecule has 1 amide bonds. The summed E-state index contributed by atoms with van der Waals surface area (Å²) >= 11 is 5.89. The van der Waals surface area contributed by atoms with Gasteiger partial charge in [0.25, 0.3) is 0 Å². The molecule has 0 fully saturated rings. The van der Waals surface area contributed by atoms with E-state index in [9.17, 15) is 9.59 Å². The maximum absolute atomic E-state index is 12.9. The summed E-state index contributed by atoms with van der Waals surface area (Å²) in [7, 11) is 0. The van der Waals surface area contributed by atoms with Crippen LogP contribution in [0.3, 0.4) is 0 Å². The molecule has 1 atom stereocenters. The zero-order valence-corrected chi connectivity index (χ0v) is 15.2. The Labute approximate surface area is 162 Å². The number of amides is 1. The third kappa shape index (κ3) is 4.54. The molecule has 0 spiro atoms. The lowest BCUT2D eigenvalue weighted by Crippen LogP contribution is -2.31. The number of hydrogen-bond acceptors (Lipinski definition) is 3. The Bertz CT molecular complexity index is 872. The standard InChI is InChI=1S/C22H18ClNO3/c23-18-13-11-15(12-14-18)19(21(24)25)22(26)27-20(16-7-3-1-4-8-16)17-9-5-2-6-10-17/h1-14,19-20H,(H2,24,25). The normalized spacial score (nSPS) is 11.8. The van der Waals surface area contributed by atoms with E-state index in [1.807, 2.05) is 60.7 Å². The number of hydrogen-bond donors (Lipinski definition) is 1. The van der Waals surface area contributed by atoms with Crippen molar-refractivity contribution in [1.82, 2.24) is 0 Å². The quantitative estimate of drug-likeness (QED) is 0.514. The minimum absolute atomic E-state index is 0.441. The van der Waals surface area contributed by atoms with Crippen molar-refractivity contribution in [3.63, 3.8) is 0 Å². The van der Waals surface area contributed by atoms with Crippen molar-refractivity contribution in [2.75, 3.05) is 0 Å². The summed E-state index contributed by atoms with van der Waals surface area (Å²) < 4.78 is 5.76. The summed E-state index contributed by atoms with van der Waals surface area (Å²) in [6.07, 6.45) is -0.644. The highest BCUT2D eigenvalue weighted by molar-refractivity contribution is 6.30. The summed E-state index contributed by atoms with van der Waals surface area (Å²) in [6.45, 7) is 0. The fraction of sp³-hybridized carbons (Fsp3) is 0.0909. The number of esters is 1. The Kier molecular flexibility index (Phi) is 5.89. The molecule has 27 heavy (non-hydrogen) atoms. The van der Waals surface area contributed by atoms with Crippen LogP contribution in [-0.4, -0.2) is 11.9 Å². The fourth-order valence-electron chi connectivity index (χ4n) is 2.84. The number of rotatable bonds is 6. The van der Waals surface area contributed by atoms with Crippen LogP contribution in [0.4, 0.5) is 0 Å². The van der Waals surface area contributed by atoms with Crippen molar-refractivity contribution in [2.24, 2.45) is 5.73 Å². The fourth-order valence-corrected chi connectivity index (χ4v) is 2.97. The lowest BCUT2D eigenvalue weighted by atomic mass is 9.97. The molecule has 4 nitrogen and oxygen atoms in total. The second kappa shape index (κ2) is 8.52. The van der Waals surface area contributed by atoms with E-state index in [1.165, 1.54) is 0 Å². The van der Waals surface area contributed by atoms with Crippen molar-refractivity contribution in [3.8, 4) is 0 Å². The van der Waals surface area contributed by atoms with Crippen LogP contribution in [0.2, 0.25) is 5.02 Å². The van der Waals surface area contributed by atoms with Gasteiger partial charge >= 0.3 is 5.97 Å². The molecule has 0 radical (unpaired) electrons. The van der Waals surface area contributed by atoms with Crippen LogP contribution < -0.4 is 5.73 Å². The second-order valence-electron chi connectivity index (χ2n) is 6.03. The molecule has 3 aromatic rings. The highest BCUT2D eigenvalue weighted by atomic mass is 35.5. The first-order valence-corrected chi connectivity index (χ1v) is 8.79. The average molecular weight is 380 g/mol. The van der Waals surface area contributed by atoms with Gasteiger partial charge in [-0.25, -0.2) is 0 Å². The Hall–Kier alpha value is -3.11. The van der Waals surface area contributed by atoms with Crippen molar-refractivity contribution in [2.45, 2.75) is 12.0 Å². The minimum Gasteiger partial charge on any atom is -0.452 e. The van der Waals surface area contributed by atoms with Crippen LogP contribution in [-0.2, 0) is 14.3 Å². The number of benzene rings is 3. The van der Waals surface area contributed by atoms with Gasteiger partial charge in [-0.2, -0.15) is 0 Å². The van der Waals surface area contributed by atoms with Gasteiger partial charge in [0.05, 0.1) is 0 Å². The van der Waals surface area contributed by atoms with Gasteiger partial charge in [-0.15, -0.1) is 0 Å². The predicted octanol–water partition coefficient (Wildman–Crippen LogP) is 4.24. The lowest BCUT2D eigenvalue weighted by molar-refractivity contribution is -0.151. The molecule has 1 unspecified atom stereocenters. The number of primary amides is 1. The summed E-state index contributed by atoms with van der Waals surface area (Å²) in [5, 5.41) is 0.502. The lowest BCUT2D eigenvalue weighted by Gasteiger charge is -2.22. The summed E-state index contributed by atoms with van der Waals surface area (Å²) in [5.41, 5.74) is 7.53. The van der Waals surface area contributed by atoms with E-state index >= 15 is 0 Å². The zero-order chi connectivity index (χ0) is 19.2. The van der Waals surface area contributed by atoms with E-state index in [0.717, 1.165) is 11.1 Å². The van der Waals surface area contributed by atoms with Crippen molar-refractivity contribution < 1.29 is 14.3 Å². The maximum Gasteiger partial charge on any atom is 0.323 e. The van der Waals surface area contributed by atoms with E-state index < -0.39 is 23.9 Å². The number of nitrogens with two attached hydrogens (primary N) is 1. The Morgan fingerprint density at radius 2 is 1.22 bits per heavy atom. The Morgan fingerprint density at radius 3 is 1.67 bits per heavy atom. The minimum atomic E-state index is -1.21. The number of carbonyl (C=O) groups excluding carboxylic acids is 2. The molecular formula is C22H18ClNO3. The highest BCUT2D eigenvalue weighted by Crippen LogP contribution is 2.29. The summed E-state index contributed by atoms with van der Waals surface area (Å²) in [5.74, 6) is -2.69. The summed E-state index contributed by atoms with van der Waals surface area (Å²) in [6, 6.07) is 25.1. The topological polar surface area (TPSA) is 69.4 Å². The van der Waals surface area contributed by atoms with Gasteiger partial charge in [-0.3, -0.25) is 9.59 Å². The molecule has 3 aromatic carbocycles. The highest BCUT2D eigenvalue weighted by Gasteiger charge is 2.31. The molecule has 0 saturated heterocycles. The number of halogens is 1. The van der Waals surface area contributed by atoms with Crippen LogP contribution >= 0.6 is 11.6 Å². The van der Waals surface area contributed by atoms with Gasteiger partial charge in [-0.05, 0) is 28.8 Å². The molecule has 0 aliphatic rings. The first-order valence-electron chi connectivity index (χ1n) is 8.41. The van der Waals surface area contributed by atoms with E-state index in [-0.39, 0.29) is 0 Å². The van der Waals surface area contributed by atoms with E-state index in [2.05, 4.69) is 0 Å². The molecule has 0 saturated carbocycles. The smallest absolute Gasteiger partial charge is 0.323 e. The zero-order valence-electron chi connectivity index (χ0n) is 14.4. The molecule has 0 aliphatic heterocycles. The van der Waals surface area contributed by atoms with E-state index in [4.69, 9.17) is 22.1 Å². The van der Waals surface area contributed by atoms with E-state index in [0.29, 0.717) is 10.6 Å². The van der Waals surface area contributed by atoms with Gasteiger partial charge in [0, 0.05) is 5.02 Å². The number of ether oxygens (including phenoxy) is 1. The largest absolute Gasteiger partial charge is 0.452 e. The molecule has 0 aliphatic carbocycles. The number of carbonyl (C=O) groups is 2. The Balaban J connectivity index is 1.93. The van der Waals surface area contributed by atoms with E-state index in [1.54, 1.807) is 24.3 Å². The molecule has 3 rings (SSSR count). The third-order valence-electron chi connectivity index (χ3n) is 4.16. The van der Waals surface area contributed by atoms with Crippen LogP contribution in [0, 0.1) is 0 Å². The molecule has 2 N–H and O–H groups in total. The molecule has 136 valence electrons. The SMILES string of the molecule is NC(=O)C(C(=O)OC(c1ccccc1)c1ccccc1)c1ccc(Cl)cc1.